The van der Waals surface area contributed by atoms with Crippen molar-refractivity contribution in [3.8, 4) is 16.2 Å². The van der Waals surface area contributed by atoms with Gasteiger partial charge in [-0.2, -0.15) is 0 Å². The lowest BCUT2D eigenvalue weighted by atomic mass is 10.2. The second-order valence-corrected chi connectivity index (χ2v) is 6.01. The van der Waals surface area contributed by atoms with Crippen molar-refractivity contribution in [1.82, 2.24) is 10.6 Å². The molecule has 0 aliphatic heterocycles. The van der Waals surface area contributed by atoms with Crippen LogP contribution in [0.5, 0.6) is 5.75 Å². The maximum absolute atomic E-state index is 5.19. The van der Waals surface area contributed by atoms with Crippen LogP contribution in [0.1, 0.15) is 4.88 Å². The molecule has 0 spiro atoms. The summed E-state index contributed by atoms with van der Waals surface area (Å²) < 4.78 is 10.2. The Morgan fingerprint density at radius 3 is 2.52 bits per heavy atom. The summed E-state index contributed by atoms with van der Waals surface area (Å²) in [5.74, 6) is 1.65. The van der Waals surface area contributed by atoms with E-state index < -0.39 is 0 Å². The summed E-state index contributed by atoms with van der Waals surface area (Å²) in [6.45, 7) is 2.13. The van der Waals surface area contributed by atoms with Crippen molar-refractivity contribution < 1.29 is 9.47 Å². The maximum Gasteiger partial charge on any atom is 0.191 e. The van der Waals surface area contributed by atoms with Gasteiger partial charge >= 0.3 is 0 Å². The van der Waals surface area contributed by atoms with Crippen LogP contribution in [0.2, 0.25) is 0 Å². The summed E-state index contributed by atoms with van der Waals surface area (Å²) in [6, 6.07) is 12.4. The second-order valence-electron chi connectivity index (χ2n) is 4.84. The molecule has 2 aromatic rings. The van der Waals surface area contributed by atoms with Crippen LogP contribution in [0.25, 0.3) is 10.4 Å². The van der Waals surface area contributed by atoms with E-state index in [1.165, 1.54) is 15.3 Å². The lowest BCUT2D eigenvalue weighted by Crippen LogP contribution is -2.38. The maximum atomic E-state index is 5.19. The fourth-order valence-corrected chi connectivity index (χ4v) is 3.00. The van der Waals surface area contributed by atoms with Crippen molar-refractivity contribution in [1.29, 1.82) is 0 Å². The number of methoxy groups -OCH3 is 2. The molecular formula is C17H23N3O2S. The standard InChI is InChI=1S/C17H23N3O2S/c1-18-17(19-10-11-21-2)20-12-15-8-9-16(23-15)13-4-6-14(22-3)7-5-13/h4-9H,10-12H2,1-3H3,(H2,18,19,20). The van der Waals surface area contributed by atoms with E-state index in [4.69, 9.17) is 9.47 Å². The van der Waals surface area contributed by atoms with Gasteiger partial charge in [0.25, 0.3) is 0 Å². The average molecular weight is 333 g/mol. The molecule has 0 saturated heterocycles. The van der Waals surface area contributed by atoms with E-state index in [-0.39, 0.29) is 0 Å². The first-order chi connectivity index (χ1) is 11.3. The number of ether oxygens (including phenoxy) is 2. The predicted molar refractivity (Wildman–Crippen MR) is 96.4 cm³/mol. The first kappa shape index (κ1) is 17.3. The highest BCUT2D eigenvalue weighted by atomic mass is 32.1. The molecule has 0 radical (unpaired) electrons. The molecule has 0 fully saturated rings. The summed E-state index contributed by atoms with van der Waals surface area (Å²) in [7, 11) is 5.13. The number of nitrogens with zero attached hydrogens (tertiary/aromatic N) is 1. The number of thiophene rings is 1. The number of guanidine groups is 1. The number of aliphatic imine (C=N–C) groups is 1. The minimum absolute atomic E-state index is 0.654. The zero-order valence-electron chi connectivity index (χ0n) is 13.8. The van der Waals surface area contributed by atoms with Crippen LogP contribution in [-0.2, 0) is 11.3 Å². The minimum Gasteiger partial charge on any atom is -0.497 e. The SMILES string of the molecule is CN=C(NCCOC)NCc1ccc(-c2ccc(OC)cc2)s1. The number of nitrogens with one attached hydrogen (secondary N) is 2. The van der Waals surface area contributed by atoms with Crippen molar-refractivity contribution in [2.24, 2.45) is 4.99 Å². The van der Waals surface area contributed by atoms with E-state index >= 15 is 0 Å². The van der Waals surface area contributed by atoms with Gasteiger partial charge in [-0.3, -0.25) is 4.99 Å². The molecule has 23 heavy (non-hydrogen) atoms. The van der Waals surface area contributed by atoms with Crippen molar-refractivity contribution in [3.05, 3.63) is 41.3 Å². The van der Waals surface area contributed by atoms with Gasteiger partial charge in [0.1, 0.15) is 5.75 Å². The smallest absolute Gasteiger partial charge is 0.191 e. The molecule has 1 heterocycles. The highest BCUT2D eigenvalue weighted by Gasteiger charge is 2.04. The largest absolute Gasteiger partial charge is 0.497 e. The molecule has 1 aromatic carbocycles. The predicted octanol–water partition coefficient (Wildman–Crippen LogP) is 2.74. The van der Waals surface area contributed by atoms with Crippen LogP contribution in [0.3, 0.4) is 0 Å². The fraction of sp³-hybridized carbons (Fsp3) is 0.353. The Morgan fingerprint density at radius 1 is 1.09 bits per heavy atom. The third kappa shape index (κ3) is 5.26. The van der Waals surface area contributed by atoms with Crippen LogP contribution in [0.4, 0.5) is 0 Å². The van der Waals surface area contributed by atoms with Crippen LogP contribution in [-0.4, -0.2) is 40.4 Å². The molecule has 0 aliphatic rings. The van der Waals surface area contributed by atoms with Crippen LogP contribution in [0, 0.1) is 0 Å². The number of hydrogen-bond donors (Lipinski definition) is 2. The lowest BCUT2D eigenvalue weighted by Gasteiger charge is -2.10. The highest BCUT2D eigenvalue weighted by molar-refractivity contribution is 7.15. The average Bonchev–Trinajstić information content (AvgIpc) is 3.07. The molecule has 6 heteroatoms. The van der Waals surface area contributed by atoms with E-state index in [2.05, 4.69) is 39.9 Å². The fourth-order valence-electron chi connectivity index (χ4n) is 2.05. The van der Waals surface area contributed by atoms with E-state index in [1.807, 2.05) is 12.1 Å². The molecule has 0 aliphatic carbocycles. The van der Waals surface area contributed by atoms with Crippen molar-refractivity contribution in [3.63, 3.8) is 0 Å². The Hall–Kier alpha value is -2.05. The van der Waals surface area contributed by atoms with Gasteiger partial charge < -0.3 is 20.1 Å². The summed E-state index contributed by atoms with van der Waals surface area (Å²) >= 11 is 1.77. The zero-order valence-corrected chi connectivity index (χ0v) is 14.6. The summed E-state index contributed by atoms with van der Waals surface area (Å²) in [6.07, 6.45) is 0. The van der Waals surface area contributed by atoms with Crippen LogP contribution >= 0.6 is 11.3 Å². The Bertz CT molecular complexity index is 623. The topological polar surface area (TPSA) is 54.9 Å². The molecule has 0 unspecified atom stereocenters. The summed E-state index contributed by atoms with van der Waals surface area (Å²) in [4.78, 5) is 6.69. The Labute approximate surface area is 141 Å². The second kappa shape index (κ2) is 9.17. The number of rotatable bonds is 7. The van der Waals surface area contributed by atoms with Gasteiger partial charge in [0, 0.05) is 30.5 Å². The van der Waals surface area contributed by atoms with E-state index in [9.17, 15) is 0 Å². The Kier molecular flexibility index (Phi) is 6.90. The van der Waals surface area contributed by atoms with E-state index in [0.717, 1.165) is 24.8 Å². The molecule has 0 saturated carbocycles. The number of benzene rings is 1. The van der Waals surface area contributed by atoms with Crippen molar-refractivity contribution >= 4 is 17.3 Å². The lowest BCUT2D eigenvalue weighted by molar-refractivity contribution is 0.203. The monoisotopic (exact) mass is 333 g/mol. The van der Waals surface area contributed by atoms with Gasteiger partial charge in [0.15, 0.2) is 5.96 Å². The van der Waals surface area contributed by atoms with Gasteiger partial charge in [-0.15, -0.1) is 11.3 Å². The zero-order chi connectivity index (χ0) is 16.5. The van der Waals surface area contributed by atoms with Gasteiger partial charge in [0.2, 0.25) is 0 Å². The quantitative estimate of drug-likeness (QED) is 0.465. The molecule has 0 amide bonds. The molecule has 124 valence electrons. The number of hydrogen-bond acceptors (Lipinski definition) is 4. The van der Waals surface area contributed by atoms with Gasteiger partial charge in [-0.05, 0) is 42.0 Å². The molecule has 1 aromatic heterocycles. The highest BCUT2D eigenvalue weighted by Crippen LogP contribution is 2.29. The van der Waals surface area contributed by atoms with Crippen molar-refractivity contribution in [2.75, 3.05) is 34.4 Å². The first-order valence-corrected chi connectivity index (χ1v) is 8.25. The van der Waals surface area contributed by atoms with Crippen molar-refractivity contribution in [2.45, 2.75) is 6.54 Å². The molecule has 2 rings (SSSR count). The summed E-state index contributed by atoms with van der Waals surface area (Å²) in [5.41, 5.74) is 1.20. The Morgan fingerprint density at radius 2 is 1.87 bits per heavy atom. The molecular weight excluding hydrogens is 310 g/mol. The molecule has 5 nitrogen and oxygen atoms in total. The third-order valence-corrected chi connectivity index (χ3v) is 4.42. The van der Waals surface area contributed by atoms with Gasteiger partial charge in [-0.25, -0.2) is 0 Å². The Balaban J connectivity index is 1.91. The van der Waals surface area contributed by atoms with Crippen LogP contribution < -0.4 is 15.4 Å². The van der Waals surface area contributed by atoms with E-state index in [0.29, 0.717) is 6.61 Å². The van der Waals surface area contributed by atoms with Gasteiger partial charge in [0.05, 0.1) is 20.3 Å². The minimum atomic E-state index is 0.654. The first-order valence-electron chi connectivity index (χ1n) is 7.43. The molecule has 2 N–H and O–H groups in total. The normalized spacial score (nSPS) is 11.3. The van der Waals surface area contributed by atoms with E-state index in [1.54, 1.807) is 32.6 Å². The third-order valence-electron chi connectivity index (χ3n) is 3.29. The summed E-state index contributed by atoms with van der Waals surface area (Å²) in [5, 5.41) is 6.50. The molecule has 0 atom stereocenters. The molecule has 0 bridgehead atoms. The van der Waals surface area contributed by atoms with Gasteiger partial charge in [-0.1, -0.05) is 0 Å². The van der Waals surface area contributed by atoms with Crippen LogP contribution in [0.15, 0.2) is 41.4 Å².